The van der Waals surface area contributed by atoms with Crippen LogP contribution in [0.5, 0.6) is 0 Å². The van der Waals surface area contributed by atoms with E-state index in [1.807, 2.05) is 43.5 Å². The van der Waals surface area contributed by atoms with Crippen LogP contribution < -0.4 is 0 Å². The standard InChI is InChI=1S/C20H16N4S2/c1-14-19(26-20(22-14)16-8-5-11-21-12-16)17-9-10-18(24-23-17)25-13-15-6-3-2-4-7-15/h2-12H,13H2,1H3. The normalized spacial score (nSPS) is 10.8. The third-order valence-corrected chi connectivity index (χ3v) is 6.03. The molecule has 3 heterocycles. The lowest BCUT2D eigenvalue weighted by Gasteiger charge is -2.02. The third-order valence-electron chi connectivity index (χ3n) is 3.81. The molecule has 0 saturated carbocycles. The molecule has 0 atom stereocenters. The predicted octanol–water partition coefficient (Wildman–Crippen LogP) is 5.26. The average molecular weight is 377 g/mol. The maximum atomic E-state index is 4.66. The Morgan fingerprint density at radius 1 is 0.962 bits per heavy atom. The zero-order valence-corrected chi connectivity index (χ0v) is 15.8. The second-order valence-corrected chi connectivity index (χ2v) is 7.70. The Labute approximate surface area is 160 Å². The molecule has 3 aromatic heterocycles. The Morgan fingerprint density at radius 3 is 2.58 bits per heavy atom. The van der Waals surface area contributed by atoms with E-state index in [-0.39, 0.29) is 0 Å². The number of rotatable bonds is 5. The van der Waals surface area contributed by atoms with Crippen LogP contribution in [0.15, 0.2) is 72.0 Å². The van der Waals surface area contributed by atoms with Gasteiger partial charge >= 0.3 is 0 Å². The summed E-state index contributed by atoms with van der Waals surface area (Å²) in [5.41, 5.74) is 4.13. The van der Waals surface area contributed by atoms with Gasteiger partial charge in [-0.05, 0) is 36.8 Å². The van der Waals surface area contributed by atoms with Crippen molar-refractivity contribution >= 4 is 23.1 Å². The van der Waals surface area contributed by atoms with Gasteiger partial charge in [0.1, 0.15) is 15.7 Å². The SMILES string of the molecule is Cc1nc(-c2cccnc2)sc1-c1ccc(SCc2ccccc2)nn1. The van der Waals surface area contributed by atoms with Gasteiger partial charge in [0.25, 0.3) is 0 Å². The zero-order chi connectivity index (χ0) is 17.8. The first-order chi connectivity index (χ1) is 12.8. The molecule has 128 valence electrons. The fourth-order valence-corrected chi connectivity index (χ4v) is 4.29. The Hall–Kier alpha value is -2.57. The minimum absolute atomic E-state index is 0.860. The fraction of sp³-hybridized carbons (Fsp3) is 0.100. The van der Waals surface area contributed by atoms with Crippen molar-refractivity contribution in [3.05, 3.63) is 78.2 Å². The Bertz CT molecular complexity index is 984. The number of benzene rings is 1. The molecule has 0 aliphatic carbocycles. The van der Waals surface area contributed by atoms with Crippen molar-refractivity contribution < 1.29 is 0 Å². The smallest absolute Gasteiger partial charge is 0.125 e. The van der Waals surface area contributed by atoms with Crippen LogP contribution in [-0.4, -0.2) is 20.2 Å². The highest BCUT2D eigenvalue weighted by Crippen LogP contribution is 2.34. The first-order valence-corrected chi connectivity index (χ1v) is 9.98. The molecule has 26 heavy (non-hydrogen) atoms. The van der Waals surface area contributed by atoms with Gasteiger partial charge in [-0.25, -0.2) is 4.98 Å². The van der Waals surface area contributed by atoms with Crippen LogP contribution in [0, 0.1) is 6.92 Å². The highest BCUT2D eigenvalue weighted by Gasteiger charge is 2.13. The number of aryl methyl sites for hydroxylation is 1. The van der Waals surface area contributed by atoms with Crippen LogP contribution in [0.4, 0.5) is 0 Å². The van der Waals surface area contributed by atoms with Crippen molar-refractivity contribution in [2.45, 2.75) is 17.7 Å². The van der Waals surface area contributed by atoms with E-state index >= 15 is 0 Å². The molecule has 0 saturated heterocycles. The van der Waals surface area contributed by atoms with Crippen LogP contribution in [0.25, 0.3) is 21.1 Å². The third kappa shape index (κ3) is 3.81. The van der Waals surface area contributed by atoms with Gasteiger partial charge < -0.3 is 0 Å². The molecule has 1 aromatic carbocycles. The topological polar surface area (TPSA) is 51.6 Å². The summed E-state index contributed by atoms with van der Waals surface area (Å²) in [6, 6.07) is 18.4. The minimum atomic E-state index is 0.860. The summed E-state index contributed by atoms with van der Waals surface area (Å²) < 4.78 is 0. The number of hydrogen-bond acceptors (Lipinski definition) is 6. The first kappa shape index (κ1) is 16.9. The van der Waals surface area contributed by atoms with Crippen molar-refractivity contribution in [2.75, 3.05) is 0 Å². The predicted molar refractivity (Wildman–Crippen MR) is 107 cm³/mol. The highest BCUT2D eigenvalue weighted by molar-refractivity contribution is 7.98. The van der Waals surface area contributed by atoms with Gasteiger partial charge in [-0.3, -0.25) is 4.98 Å². The summed E-state index contributed by atoms with van der Waals surface area (Å²) in [5, 5.41) is 10.7. The second kappa shape index (κ2) is 7.76. The number of hydrogen-bond donors (Lipinski definition) is 0. The van der Waals surface area contributed by atoms with Crippen molar-refractivity contribution in [1.82, 2.24) is 20.2 Å². The molecule has 4 aromatic rings. The molecule has 0 aliphatic rings. The monoisotopic (exact) mass is 376 g/mol. The molecule has 0 amide bonds. The largest absolute Gasteiger partial charge is 0.264 e. The van der Waals surface area contributed by atoms with E-state index in [9.17, 15) is 0 Å². The molecule has 0 unspecified atom stereocenters. The van der Waals surface area contributed by atoms with Crippen molar-refractivity contribution in [1.29, 1.82) is 0 Å². The summed E-state index contributed by atoms with van der Waals surface area (Å²) in [5.74, 6) is 0.888. The highest BCUT2D eigenvalue weighted by atomic mass is 32.2. The second-order valence-electron chi connectivity index (χ2n) is 5.71. The lowest BCUT2D eigenvalue weighted by atomic mass is 10.2. The van der Waals surface area contributed by atoms with Gasteiger partial charge in [0.05, 0.1) is 10.6 Å². The van der Waals surface area contributed by atoms with E-state index in [1.54, 1.807) is 29.3 Å². The summed E-state index contributed by atoms with van der Waals surface area (Å²) in [6.07, 6.45) is 3.60. The number of thiazole rings is 1. The zero-order valence-electron chi connectivity index (χ0n) is 14.2. The maximum absolute atomic E-state index is 4.66. The fourth-order valence-electron chi connectivity index (χ4n) is 2.50. The summed E-state index contributed by atoms with van der Waals surface area (Å²) in [6.45, 7) is 2.01. The molecule has 0 fully saturated rings. The Morgan fingerprint density at radius 2 is 1.85 bits per heavy atom. The van der Waals surface area contributed by atoms with Gasteiger partial charge in [-0.15, -0.1) is 21.5 Å². The van der Waals surface area contributed by atoms with E-state index in [1.165, 1.54) is 5.56 Å². The molecular weight excluding hydrogens is 360 g/mol. The minimum Gasteiger partial charge on any atom is -0.264 e. The van der Waals surface area contributed by atoms with Crippen molar-refractivity contribution in [2.24, 2.45) is 0 Å². The number of nitrogens with zero attached hydrogens (tertiary/aromatic N) is 4. The Balaban J connectivity index is 1.51. The van der Waals surface area contributed by atoms with E-state index < -0.39 is 0 Å². The first-order valence-electron chi connectivity index (χ1n) is 8.18. The van der Waals surface area contributed by atoms with Gasteiger partial charge in [0.15, 0.2) is 0 Å². The van der Waals surface area contributed by atoms with E-state index in [0.29, 0.717) is 0 Å². The lowest BCUT2D eigenvalue weighted by Crippen LogP contribution is -1.90. The van der Waals surface area contributed by atoms with Crippen molar-refractivity contribution in [3.8, 4) is 21.1 Å². The number of pyridine rings is 1. The van der Waals surface area contributed by atoms with Crippen LogP contribution in [-0.2, 0) is 5.75 Å². The summed E-state index contributed by atoms with van der Waals surface area (Å²) >= 11 is 3.31. The van der Waals surface area contributed by atoms with E-state index in [0.717, 1.165) is 37.6 Å². The molecule has 0 radical (unpaired) electrons. The summed E-state index contributed by atoms with van der Waals surface area (Å²) in [4.78, 5) is 9.88. The average Bonchev–Trinajstić information content (AvgIpc) is 3.10. The van der Waals surface area contributed by atoms with Gasteiger partial charge in [0.2, 0.25) is 0 Å². The number of aromatic nitrogens is 4. The maximum Gasteiger partial charge on any atom is 0.125 e. The molecule has 0 aliphatic heterocycles. The van der Waals surface area contributed by atoms with Crippen molar-refractivity contribution in [3.63, 3.8) is 0 Å². The molecule has 6 heteroatoms. The molecule has 4 nitrogen and oxygen atoms in total. The lowest BCUT2D eigenvalue weighted by molar-refractivity contribution is 0.936. The molecule has 4 rings (SSSR count). The molecule has 0 N–H and O–H groups in total. The quantitative estimate of drug-likeness (QED) is 0.445. The van der Waals surface area contributed by atoms with E-state index in [4.69, 9.17) is 0 Å². The molecule has 0 bridgehead atoms. The molecule has 0 spiro atoms. The summed E-state index contributed by atoms with van der Waals surface area (Å²) in [7, 11) is 0. The number of thioether (sulfide) groups is 1. The van der Waals surface area contributed by atoms with Crippen LogP contribution in [0.2, 0.25) is 0 Å². The van der Waals surface area contributed by atoms with Crippen LogP contribution in [0.3, 0.4) is 0 Å². The van der Waals surface area contributed by atoms with Gasteiger partial charge in [-0.1, -0.05) is 42.1 Å². The van der Waals surface area contributed by atoms with Gasteiger partial charge in [0, 0.05) is 23.7 Å². The van der Waals surface area contributed by atoms with E-state index in [2.05, 4.69) is 44.4 Å². The van der Waals surface area contributed by atoms with Crippen LogP contribution >= 0.6 is 23.1 Å². The Kier molecular flexibility index (Phi) is 5.04. The van der Waals surface area contributed by atoms with Crippen LogP contribution in [0.1, 0.15) is 11.3 Å². The van der Waals surface area contributed by atoms with Gasteiger partial charge in [-0.2, -0.15) is 0 Å². The molecular formula is C20H16N4S2.